The minimum absolute atomic E-state index is 0.0109. The number of aromatic hydroxyl groups is 2. The van der Waals surface area contributed by atoms with Gasteiger partial charge >= 0.3 is 11.9 Å². The van der Waals surface area contributed by atoms with Crippen LogP contribution in [0.2, 0.25) is 0 Å². The van der Waals surface area contributed by atoms with Gasteiger partial charge in [-0.3, -0.25) is 4.79 Å². The standard InChI is InChI=1S/C17H13NO3S.C9H9NO2S.C8H7BrO2/c19-14-8-6-12(7-9-14)15-11-22-16(18-15)10-21-17(20)13-4-2-1-3-5-13;10-8(13)6-12-9(11)7-4-2-1-3-5-7;9-5-8(11)6-1-3-7(10)4-2-6/h1-9,11,19H,10H2;1-5H,6H2,(H2,10,13);1-4,10H,5H2. The van der Waals surface area contributed by atoms with Crippen LogP contribution in [0, 0.1) is 0 Å². The Hall–Kier alpha value is -4.91. The van der Waals surface area contributed by atoms with Gasteiger partial charge in [-0.2, -0.15) is 0 Å². The average molecular weight is 722 g/mol. The van der Waals surface area contributed by atoms with Crippen LogP contribution in [0.3, 0.4) is 0 Å². The Morgan fingerprint density at radius 2 is 1.24 bits per heavy atom. The van der Waals surface area contributed by atoms with E-state index < -0.39 is 5.97 Å². The molecule has 0 radical (unpaired) electrons. The van der Waals surface area contributed by atoms with Crippen LogP contribution in [-0.2, 0) is 16.1 Å². The smallest absolute Gasteiger partial charge is 0.338 e. The van der Waals surface area contributed by atoms with Crippen LogP contribution >= 0.6 is 39.5 Å². The zero-order chi connectivity index (χ0) is 33.3. The molecule has 0 amide bonds. The molecule has 46 heavy (non-hydrogen) atoms. The lowest BCUT2D eigenvalue weighted by Crippen LogP contribution is -2.18. The number of hydrogen-bond acceptors (Lipinski definition) is 10. The Bertz CT molecular complexity index is 1710. The van der Waals surface area contributed by atoms with Gasteiger partial charge in [0, 0.05) is 16.5 Å². The van der Waals surface area contributed by atoms with Gasteiger partial charge in [-0.1, -0.05) is 64.5 Å². The number of nitrogens with zero attached hydrogens (tertiary/aromatic N) is 1. The highest BCUT2D eigenvalue weighted by Gasteiger charge is 2.10. The number of hydrogen-bond donors (Lipinski definition) is 3. The molecule has 0 spiro atoms. The van der Waals surface area contributed by atoms with Crippen molar-refractivity contribution in [2.24, 2.45) is 5.73 Å². The van der Waals surface area contributed by atoms with Crippen molar-refractivity contribution in [3.05, 3.63) is 136 Å². The van der Waals surface area contributed by atoms with E-state index in [0.717, 1.165) is 16.3 Å². The summed E-state index contributed by atoms with van der Waals surface area (Å²) in [5, 5.41) is 21.1. The number of carbonyl (C=O) groups is 3. The normalized spacial score (nSPS) is 9.85. The van der Waals surface area contributed by atoms with Gasteiger partial charge in [0.25, 0.3) is 0 Å². The first-order chi connectivity index (χ1) is 22.2. The molecule has 0 saturated heterocycles. The molecular weight excluding hydrogens is 692 g/mol. The molecule has 0 fully saturated rings. The van der Waals surface area contributed by atoms with Crippen molar-refractivity contribution < 1.29 is 34.1 Å². The maximum Gasteiger partial charge on any atom is 0.338 e. The first-order valence-electron chi connectivity index (χ1n) is 13.5. The Labute approximate surface area is 283 Å². The minimum Gasteiger partial charge on any atom is -0.508 e. The van der Waals surface area contributed by atoms with Gasteiger partial charge in [-0.15, -0.1) is 11.3 Å². The van der Waals surface area contributed by atoms with Crippen LogP contribution in [0.1, 0.15) is 36.1 Å². The number of thiocarbonyl (C=S) groups is 1. The summed E-state index contributed by atoms with van der Waals surface area (Å²) in [5.74, 6) is -0.354. The van der Waals surface area contributed by atoms with Crippen LogP contribution in [0.25, 0.3) is 11.3 Å². The Morgan fingerprint density at radius 3 is 1.74 bits per heavy atom. The second kappa shape index (κ2) is 18.8. The van der Waals surface area contributed by atoms with Crippen molar-refractivity contribution in [2.45, 2.75) is 6.61 Å². The van der Waals surface area contributed by atoms with Crippen LogP contribution in [0.5, 0.6) is 11.5 Å². The number of ketones is 1. The number of phenols is 2. The summed E-state index contributed by atoms with van der Waals surface area (Å²) >= 11 is 9.06. The number of aromatic nitrogens is 1. The number of phenolic OH excluding ortho intramolecular Hbond substituents is 2. The van der Waals surface area contributed by atoms with Crippen molar-refractivity contribution in [3.8, 4) is 22.8 Å². The molecule has 236 valence electrons. The predicted molar refractivity (Wildman–Crippen MR) is 185 cm³/mol. The predicted octanol–water partition coefficient (Wildman–Crippen LogP) is 6.97. The lowest BCUT2D eigenvalue weighted by atomic mass is 10.1. The van der Waals surface area contributed by atoms with Crippen molar-refractivity contribution in [1.29, 1.82) is 0 Å². The molecular formula is C34H29BrN2O7S2. The number of thiazole rings is 1. The summed E-state index contributed by atoms with van der Waals surface area (Å²) in [5.41, 5.74) is 8.52. The summed E-state index contributed by atoms with van der Waals surface area (Å²) in [6.07, 6.45) is 0. The molecule has 12 heteroatoms. The van der Waals surface area contributed by atoms with Gasteiger partial charge in [0.15, 0.2) is 5.78 Å². The highest BCUT2D eigenvalue weighted by molar-refractivity contribution is 9.09. The van der Waals surface area contributed by atoms with E-state index in [2.05, 4.69) is 33.1 Å². The Morgan fingerprint density at radius 1 is 0.739 bits per heavy atom. The number of nitrogens with two attached hydrogens (primary N) is 1. The third-order valence-electron chi connectivity index (χ3n) is 5.72. The minimum atomic E-state index is -0.409. The number of carbonyl (C=O) groups excluding carboxylic acids is 3. The summed E-state index contributed by atoms with van der Waals surface area (Å²) in [6.45, 7) is 0.138. The van der Waals surface area contributed by atoms with Gasteiger partial charge in [0.1, 0.15) is 34.7 Å². The summed E-state index contributed by atoms with van der Waals surface area (Å²) < 4.78 is 10.0. The maximum atomic E-state index is 11.9. The number of halogens is 1. The SMILES string of the molecule is NC(=S)COC(=O)c1ccccc1.O=C(CBr)c1ccc(O)cc1.O=C(OCc1nc(-c2ccc(O)cc2)cs1)c1ccccc1. The van der Waals surface area contributed by atoms with Gasteiger partial charge in [-0.25, -0.2) is 14.6 Å². The molecule has 0 saturated carbocycles. The van der Waals surface area contributed by atoms with E-state index in [1.807, 2.05) is 17.5 Å². The van der Waals surface area contributed by atoms with Crippen LogP contribution in [0.15, 0.2) is 115 Å². The molecule has 5 aromatic rings. The molecule has 0 aliphatic carbocycles. The molecule has 4 aromatic carbocycles. The van der Waals surface area contributed by atoms with Crippen LogP contribution < -0.4 is 5.73 Å². The Kier molecular flexibility index (Phi) is 14.5. The fourth-order valence-electron chi connectivity index (χ4n) is 3.45. The lowest BCUT2D eigenvalue weighted by molar-refractivity contribution is 0.0471. The third-order valence-corrected chi connectivity index (χ3v) is 7.17. The van der Waals surface area contributed by atoms with Crippen molar-refractivity contribution in [3.63, 3.8) is 0 Å². The van der Waals surface area contributed by atoms with Crippen molar-refractivity contribution in [2.75, 3.05) is 11.9 Å². The molecule has 0 aliphatic heterocycles. The molecule has 1 heterocycles. The van der Waals surface area contributed by atoms with E-state index in [4.69, 9.17) is 20.3 Å². The molecule has 0 unspecified atom stereocenters. The van der Waals surface area contributed by atoms with Gasteiger partial charge in [-0.05, 0) is 72.8 Å². The first-order valence-corrected chi connectivity index (χ1v) is 15.9. The van der Waals surface area contributed by atoms with E-state index >= 15 is 0 Å². The quantitative estimate of drug-likeness (QED) is 0.0631. The van der Waals surface area contributed by atoms with E-state index in [1.54, 1.807) is 84.9 Å². The zero-order valence-corrected chi connectivity index (χ0v) is 27.5. The Balaban J connectivity index is 0.000000205. The summed E-state index contributed by atoms with van der Waals surface area (Å²) in [6, 6.07) is 30.6. The van der Waals surface area contributed by atoms with E-state index in [0.29, 0.717) is 22.0 Å². The largest absolute Gasteiger partial charge is 0.508 e. The van der Waals surface area contributed by atoms with E-state index in [1.165, 1.54) is 23.5 Å². The second-order valence-corrected chi connectivity index (χ2v) is 11.2. The van der Waals surface area contributed by atoms with Gasteiger partial charge in [0.05, 0.1) is 22.2 Å². The van der Waals surface area contributed by atoms with E-state index in [9.17, 15) is 19.5 Å². The summed E-state index contributed by atoms with van der Waals surface area (Å²) in [7, 11) is 0. The molecule has 0 atom stereocenters. The molecule has 0 aliphatic rings. The number of Topliss-reactive ketones (excluding diaryl/α,β-unsaturated/α-hetero) is 1. The molecule has 1 aromatic heterocycles. The van der Waals surface area contributed by atoms with Gasteiger partial charge in [0.2, 0.25) is 0 Å². The maximum absolute atomic E-state index is 11.9. The number of rotatable bonds is 9. The topological polar surface area (TPSA) is 149 Å². The highest BCUT2D eigenvalue weighted by Crippen LogP contribution is 2.24. The number of alkyl halides is 1. The number of benzene rings is 4. The first kappa shape index (κ1) is 35.6. The van der Waals surface area contributed by atoms with Crippen LogP contribution in [-0.4, -0.2) is 49.8 Å². The van der Waals surface area contributed by atoms with Gasteiger partial charge < -0.3 is 25.4 Å². The zero-order valence-electron chi connectivity index (χ0n) is 24.2. The van der Waals surface area contributed by atoms with Crippen molar-refractivity contribution >= 4 is 62.2 Å². The van der Waals surface area contributed by atoms with E-state index in [-0.39, 0.29) is 41.5 Å². The molecule has 9 nitrogen and oxygen atoms in total. The molecule has 4 N–H and O–H groups in total. The van der Waals surface area contributed by atoms with Crippen LogP contribution in [0.4, 0.5) is 0 Å². The van der Waals surface area contributed by atoms with Crippen molar-refractivity contribution in [1.82, 2.24) is 4.98 Å². The lowest BCUT2D eigenvalue weighted by Gasteiger charge is -2.02. The number of ether oxygens (including phenoxy) is 2. The average Bonchev–Trinajstić information content (AvgIpc) is 3.57. The summed E-state index contributed by atoms with van der Waals surface area (Å²) in [4.78, 5) is 38.7. The fraction of sp³-hybridized carbons (Fsp3) is 0.0882. The molecule has 0 bridgehead atoms. The highest BCUT2D eigenvalue weighted by atomic mass is 79.9. The third kappa shape index (κ3) is 12.2. The number of esters is 2. The molecule has 5 rings (SSSR count). The fourth-order valence-corrected chi connectivity index (χ4v) is 4.54. The monoisotopic (exact) mass is 720 g/mol. The second-order valence-electron chi connectivity index (χ2n) is 9.13.